The summed E-state index contributed by atoms with van der Waals surface area (Å²) in [5.74, 6) is 0. The number of rotatable bonds is 0. The number of nitrogens with zero attached hydrogens (tertiary/aromatic N) is 2. The summed E-state index contributed by atoms with van der Waals surface area (Å²) < 4.78 is 0. The molecule has 0 saturated heterocycles. The predicted octanol–water partition coefficient (Wildman–Crippen LogP) is 1.20. The maximum Gasteiger partial charge on any atom is 3.00 e. The minimum atomic E-state index is 0. The van der Waals surface area contributed by atoms with Crippen LogP contribution < -0.4 is 0 Å². The molecule has 0 aliphatic rings. The quantitative estimate of drug-likeness (QED) is 0.601. The molecule has 1 aromatic heterocycles. The fourth-order valence-electron chi connectivity index (χ4n) is 0.605. The molecule has 0 spiro atoms. The molecule has 1 rings (SSSR count). The third kappa shape index (κ3) is 2.10. The van der Waals surface area contributed by atoms with Crippen LogP contribution in [0.4, 0.5) is 0 Å². The Morgan fingerprint density at radius 3 is 1.70 bits per heavy atom. The van der Waals surface area contributed by atoms with Crippen LogP contribution in [-0.4, -0.2) is 9.97 Å². The summed E-state index contributed by atoms with van der Waals surface area (Å²) >= 11 is 0. The third-order valence-corrected chi connectivity index (χ3v) is 1.52. The van der Waals surface area contributed by atoms with E-state index in [-0.39, 0.29) is 32.7 Å². The van der Waals surface area contributed by atoms with Crippen molar-refractivity contribution in [2.24, 2.45) is 0 Å². The van der Waals surface area contributed by atoms with Gasteiger partial charge in [-0.25, -0.2) is 0 Å². The van der Waals surface area contributed by atoms with Gasteiger partial charge in [0.15, 0.2) is 0 Å². The molecule has 0 amide bonds. The Bertz CT molecular complexity index is 203. The zero-order valence-corrected chi connectivity index (χ0v) is 9.31. The first kappa shape index (κ1) is 10.2. The van der Waals surface area contributed by atoms with E-state index in [1.165, 1.54) is 0 Å². The van der Waals surface area contributed by atoms with Crippen LogP contribution in [0.3, 0.4) is 0 Å². The van der Waals surface area contributed by atoms with Gasteiger partial charge in [0, 0.05) is 6.33 Å². The second kappa shape index (κ2) is 4.14. The van der Waals surface area contributed by atoms with Crippen LogP contribution in [-0.2, 0) is 32.7 Å². The Morgan fingerprint density at radius 1 is 1.00 bits per heavy atom. The van der Waals surface area contributed by atoms with Crippen molar-refractivity contribution < 1.29 is 32.7 Å². The summed E-state index contributed by atoms with van der Waals surface area (Å²) in [6.45, 7) is 5.93. The van der Waals surface area contributed by atoms with Gasteiger partial charge in [-0.15, -0.1) is 5.56 Å². The van der Waals surface area contributed by atoms with Gasteiger partial charge in [0.2, 0.25) is 0 Å². The molecule has 0 unspecified atom stereocenters. The molecule has 2 nitrogen and oxygen atoms in total. The van der Waals surface area contributed by atoms with Gasteiger partial charge in [-0.1, -0.05) is 32.2 Å². The van der Waals surface area contributed by atoms with Crippen molar-refractivity contribution >= 4 is 0 Å². The zero-order valence-electron chi connectivity index (χ0n) is 6.47. The second-order valence-electron chi connectivity index (χ2n) is 2.12. The molecule has 0 aliphatic heterocycles. The Hall–Kier alpha value is 0.184. The van der Waals surface area contributed by atoms with Gasteiger partial charge in [-0.2, -0.15) is 0 Å². The molecule has 0 bridgehead atoms. The maximum atomic E-state index is 3.90. The van der Waals surface area contributed by atoms with Gasteiger partial charge in [-0.3, -0.25) is 0 Å². The fourth-order valence-corrected chi connectivity index (χ4v) is 0.605. The zero-order chi connectivity index (χ0) is 6.85. The largest absolute Gasteiger partial charge is 3.00 e. The molecule has 48 valence electrons. The first-order valence-electron chi connectivity index (χ1n) is 2.89. The van der Waals surface area contributed by atoms with Crippen LogP contribution in [0.2, 0.25) is 0 Å². The van der Waals surface area contributed by atoms with Crippen molar-refractivity contribution in [3.05, 3.63) is 23.3 Å². The molecule has 0 aromatic carbocycles. The molecule has 1 aromatic rings. The fraction of sp³-hybridized carbons (Fsp3) is 0.429. The SMILES string of the molecule is Cc1n[c-]nc(C)c1C.[Y+3]. The third-order valence-electron chi connectivity index (χ3n) is 1.52. The van der Waals surface area contributed by atoms with E-state index in [0.29, 0.717) is 0 Å². The Labute approximate surface area is 86.3 Å². The molecule has 0 saturated carbocycles. The molecule has 0 radical (unpaired) electrons. The van der Waals surface area contributed by atoms with Gasteiger partial charge in [0.25, 0.3) is 0 Å². The van der Waals surface area contributed by atoms with Crippen molar-refractivity contribution in [1.29, 1.82) is 0 Å². The molecular formula is C7H9N2Y+2. The molecule has 3 heteroatoms. The van der Waals surface area contributed by atoms with Crippen molar-refractivity contribution in [3.8, 4) is 0 Å². The monoisotopic (exact) mass is 210 g/mol. The molecule has 0 N–H and O–H groups in total. The Balaban J connectivity index is 0.000000810. The van der Waals surface area contributed by atoms with E-state index < -0.39 is 0 Å². The molecule has 10 heavy (non-hydrogen) atoms. The van der Waals surface area contributed by atoms with Gasteiger partial charge in [-0.05, 0) is 0 Å². The maximum absolute atomic E-state index is 3.90. The summed E-state index contributed by atoms with van der Waals surface area (Å²) in [5.41, 5.74) is 3.19. The number of aryl methyl sites for hydroxylation is 2. The summed E-state index contributed by atoms with van der Waals surface area (Å²) in [6, 6.07) is 0. The topological polar surface area (TPSA) is 25.8 Å². The van der Waals surface area contributed by atoms with Crippen molar-refractivity contribution in [1.82, 2.24) is 9.97 Å². The smallest absolute Gasteiger partial charge is 0.371 e. The summed E-state index contributed by atoms with van der Waals surface area (Å²) in [7, 11) is 0. The van der Waals surface area contributed by atoms with Crippen LogP contribution in [0, 0.1) is 27.1 Å². The van der Waals surface area contributed by atoms with E-state index in [2.05, 4.69) is 16.3 Å². The van der Waals surface area contributed by atoms with Gasteiger partial charge in [0.05, 0.1) is 0 Å². The van der Waals surface area contributed by atoms with Crippen LogP contribution >= 0.6 is 0 Å². The van der Waals surface area contributed by atoms with Crippen LogP contribution in [0.15, 0.2) is 0 Å². The summed E-state index contributed by atoms with van der Waals surface area (Å²) in [4.78, 5) is 7.81. The summed E-state index contributed by atoms with van der Waals surface area (Å²) in [5, 5.41) is 0. The minimum Gasteiger partial charge on any atom is -0.371 e. The Morgan fingerprint density at radius 2 is 1.40 bits per heavy atom. The minimum absolute atomic E-state index is 0. The molecule has 0 aliphatic carbocycles. The van der Waals surface area contributed by atoms with E-state index >= 15 is 0 Å². The normalized spacial score (nSPS) is 8.70. The van der Waals surface area contributed by atoms with Crippen molar-refractivity contribution in [3.63, 3.8) is 0 Å². The number of aromatic nitrogens is 2. The standard InChI is InChI=1S/C7H9N2.Y/c1-5-6(2)8-4-9-7(5)3;/h1-3H3;/q-1;+3. The van der Waals surface area contributed by atoms with Gasteiger partial charge < -0.3 is 9.97 Å². The van der Waals surface area contributed by atoms with E-state index in [1.807, 2.05) is 20.8 Å². The average molecular weight is 210 g/mol. The van der Waals surface area contributed by atoms with Crippen molar-refractivity contribution in [2.75, 3.05) is 0 Å². The molecule has 0 fully saturated rings. The first-order chi connectivity index (χ1) is 4.22. The van der Waals surface area contributed by atoms with Crippen LogP contribution in [0.1, 0.15) is 17.0 Å². The van der Waals surface area contributed by atoms with E-state index in [1.54, 1.807) is 0 Å². The van der Waals surface area contributed by atoms with Gasteiger partial charge >= 0.3 is 32.7 Å². The van der Waals surface area contributed by atoms with Crippen LogP contribution in [0.5, 0.6) is 0 Å². The Kier molecular flexibility index (Phi) is 4.22. The van der Waals surface area contributed by atoms with E-state index in [4.69, 9.17) is 0 Å². The average Bonchev–Trinajstić information content (AvgIpc) is 1.83. The van der Waals surface area contributed by atoms with E-state index in [0.717, 1.165) is 17.0 Å². The van der Waals surface area contributed by atoms with Gasteiger partial charge in [0.1, 0.15) is 0 Å². The second-order valence-corrected chi connectivity index (χ2v) is 2.12. The predicted molar refractivity (Wildman–Crippen MR) is 35.1 cm³/mol. The van der Waals surface area contributed by atoms with Crippen molar-refractivity contribution in [2.45, 2.75) is 20.8 Å². The van der Waals surface area contributed by atoms with Crippen LogP contribution in [0.25, 0.3) is 0 Å². The van der Waals surface area contributed by atoms with E-state index in [9.17, 15) is 0 Å². The molecule has 0 atom stereocenters. The first-order valence-corrected chi connectivity index (χ1v) is 2.89. The molecule has 1 heterocycles. The molecular weight excluding hydrogens is 201 g/mol. The number of hydrogen-bond acceptors (Lipinski definition) is 2. The number of hydrogen-bond donors (Lipinski definition) is 0. The summed E-state index contributed by atoms with van der Waals surface area (Å²) in [6.07, 6.45) is 2.57.